The van der Waals surface area contributed by atoms with E-state index in [0.717, 1.165) is 111 Å². The molecule has 17 nitrogen and oxygen atoms in total. The van der Waals surface area contributed by atoms with Crippen LogP contribution in [0.5, 0.6) is 5.75 Å². The van der Waals surface area contributed by atoms with Gasteiger partial charge in [0.05, 0.1) is 66.8 Å². The summed E-state index contributed by atoms with van der Waals surface area (Å²) in [6.45, 7) is 15.4. The summed E-state index contributed by atoms with van der Waals surface area (Å²) >= 11 is 0. The number of benzene rings is 3. The second-order valence-electron chi connectivity index (χ2n) is 17.2. The Morgan fingerprint density at radius 3 is 1.93 bits per heavy atom. The third-order valence-corrected chi connectivity index (χ3v) is 13.1. The Morgan fingerprint density at radius 2 is 1.30 bits per heavy atom. The molecule has 17 heteroatoms. The number of Topliss-reactive ketones (excluding diaryl/α,β-unsaturated/α-hetero) is 1. The highest BCUT2D eigenvalue weighted by molar-refractivity contribution is 5.95. The Hall–Kier alpha value is -6.14. The monoisotopic (exact) mass is 979 g/mol. The molecule has 0 N–H and O–H groups in total. The Bertz CT molecular complexity index is 2430. The molecular formula is C54H70N6O11. The quantitative estimate of drug-likeness (QED) is 0.113. The molecule has 0 spiro atoms. The molecule has 6 atom stereocenters. The smallest absolute Gasteiger partial charge is 0.269 e. The number of anilines is 1. The van der Waals surface area contributed by atoms with Gasteiger partial charge in [-0.25, -0.2) is 9.97 Å². The number of fused-ring (bicyclic) bond motifs is 8. The highest BCUT2D eigenvalue weighted by Gasteiger charge is 2.39. The number of carbonyl (C=O) groups excluding carboxylic acids is 2. The van der Waals surface area contributed by atoms with E-state index in [1.165, 1.54) is 42.0 Å². The number of carbonyl (C=O) groups is 2. The third kappa shape index (κ3) is 13.4. The molecule has 0 aliphatic carbocycles. The molecule has 5 saturated heterocycles. The van der Waals surface area contributed by atoms with Gasteiger partial charge in [-0.15, -0.1) is 0 Å². The van der Waals surface area contributed by atoms with Crippen LogP contribution >= 0.6 is 0 Å². The lowest BCUT2D eigenvalue weighted by molar-refractivity contribution is -0.385. The van der Waals surface area contributed by atoms with Gasteiger partial charge >= 0.3 is 0 Å². The highest BCUT2D eigenvalue weighted by atomic mass is 16.6. The fourth-order valence-corrected chi connectivity index (χ4v) is 9.59. The van der Waals surface area contributed by atoms with Gasteiger partial charge in [0.25, 0.3) is 17.3 Å². The molecule has 8 heterocycles. The first-order valence-corrected chi connectivity index (χ1v) is 25.5. The number of non-ortho nitro benzene ring substituents is 2. The summed E-state index contributed by atoms with van der Waals surface area (Å²) in [6.07, 6.45) is 12.3. The first-order chi connectivity index (χ1) is 34.6. The fourth-order valence-electron chi connectivity index (χ4n) is 9.59. The topological polar surface area (TPSA) is 199 Å². The van der Waals surface area contributed by atoms with Crippen LogP contribution in [0, 0.1) is 20.2 Å². The Balaban J connectivity index is 0.000000181. The number of nitro benzene ring substituents is 2. The second-order valence-corrected chi connectivity index (χ2v) is 17.2. The van der Waals surface area contributed by atoms with Crippen LogP contribution in [0.3, 0.4) is 0 Å². The van der Waals surface area contributed by atoms with Crippen molar-refractivity contribution in [2.75, 3.05) is 38.3 Å². The van der Waals surface area contributed by atoms with E-state index in [1.807, 2.05) is 65.8 Å². The minimum Gasteiger partial charge on any atom is -0.497 e. The molecule has 0 saturated carbocycles. The lowest BCUT2D eigenvalue weighted by Gasteiger charge is -2.33. The van der Waals surface area contributed by atoms with Crippen molar-refractivity contribution in [1.29, 1.82) is 0 Å². The largest absolute Gasteiger partial charge is 0.497 e. The van der Waals surface area contributed by atoms with Gasteiger partial charge < -0.3 is 33.5 Å². The predicted octanol–water partition coefficient (Wildman–Crippen LogP) is 10.7. The average molecular weight is 979 g/mol. The van der Waals surface area contributed by atoms with Gasteiger partial charge in [-0.05, 0) is 93.3 Å². The van der Waals surface area contributed by atoms with E-state index in [-0.39, 0.29) is 47.8 Å². The minimum atomic E-state index is -0.473. The molecule has 6 unspecified atom stereocenters. The lowest BCUT2D eigenvalue weighted by Crippen LogP contribution is -2.38. The summed E-state index contributed by atoms with van der Waals surface area (Å²) in [5.74, 6) is 2.44. The molecule has 11 rings (SSSR count). The fraction of sp³-hybridized carbons (Fsp3) is 0.519. The van der Waals surface area contributed by atoms with Crippen molar-refractivity contribution in [3.8, 4) is 17.1 Å². The maximum absolute atomic E-state index is 13.4. The zero-order valence-electron chi connectivity index (χ0n) is 42.3. The SMILES string of the molecule is CC.CC.CC.COc1ccc(CN(C(=O)c2ccc([N+](=O)[O-])cc2)C2=CCC3CCC2O3)cc1.O=C1CCC2CCC1O2.O=[N+]([O-])c1ccc(-c2nc3c(c(N4CCOCC4)n2)CC2CCC3O2)cc1. The van der Waals surface area contributed by atoms with E-state index in [0.29, 0.717) is 43.0 Å². The van der Waals surface area contributed by atoms with Gasteiger partial charge in [0.15, 0.2) is 11.6 Å². The molecular weight excluding hydrogens is 909 g/mol. The minimum absolute atomic E-state index is 0.0104. The van der Waals surface area contributed by atoms with Crippen LogP contribution in [-0.4, -0.2) is 100 Å². The normalized spacial score (nSPS) is 22.8. The number of amides is 1. The molecule has 7 aliphatic heterocycles. The van der Waals surface area contributed by atoms with Crippen molar-refractivity contribution in [2.45, 2.75) is 149 Å². The Kier molecular flexibility index (Phi) is 20.1. The van der Waals surface area contributed by atoms with Crippen LogP contribution < -0.4 is 9.64 Å². The van der Waals surface area contributed by atoms with Crippen LogP contribution in [0.15, 0.2) is 84.6 Å². The van der Waals surface area contributed by atoms with Crippen LogP contribution in [0.2, 0.25) is 0 Å². The average Bonchev–Trinajstić information content (AvgIpc) is 4.15. The zero-order chi connectivity index (χ0) is 51.0. The van der Waals surface area contributed by atoms with Crippen molar-refractivity contribution in [1.82, 2.24) is 14.9 Å². The summed E-state index contributed by atoms with van der Waals surface area (Å²) in [5.41, 5.74) is 5.22. The Morgan fingerprint density at radius 1 is 0.718 bits per heavy atom. The van der Waals surface area contributed by atoms with Gasteiger partial charge in [-0.1, -0.05) is 59.8 Å². The highest BCUT2D eigenvalue weighted by Crippen LogP contribution is 2.44. The number of nitro groups is 2. The number of methoxy groups -OCH3 is 1. The lowest BCUT2D eigenvalue weighted by atomic mass is 10.0. The van der Waals surface area contributed by atoms with Gasteiger partial charge in [0.2, 0.25) is 0 Å². The maximum Gasteiger partial charge on any atom is 0.269 e. The number of rotatable bonds is 9. The number of hydrogen-bond acceptors (Lipinski definition) is 14. The number of hydrogen-bond donors (Lipinski definition) is 0. The zero-order valence-corrected chi connectivity index (χ0v) is 42.3. The van der Waals surface area contributed by atoms with Gasteiger partial charge in [-0.2, -0.15) is 0 Å². The number of ketones is 1. The van der Waals surface area contributed by atoms with E-state index in [1.54, 1.807) is 24.1 Å². The van der Waals surface area contributed by atoms with Gasteiger partial charge in [-0.3, -0.25) is 29.8 Å². The number of morpholine rings is 1. The molecule has 7 aliphatic rings. The van der Waals surface area contributed by atoms with Crippen LogP contribution in [0.4, 0.5) is 17.2 Å². The maximum atomic E-state index is 13.4. The van der Waals surface area contributed by atoms with Crippen molar-refractivity contribution in [3.63, 3.8) is 0 Å². The molecule has 3 aromatic carbocycles. The van der Waals surface area contributed by atoms with Gasteiger partial charge in [0.1, 0.15) is 23.8 Å². The van der Waals surface area contributed by atoms with Crippen molar-refractivity contribution in [2.24, 2.45) is 0 Å². The molecule has 6 bridgehead atoms. The first-order valence-electron chi connectivity index (χ1n) is 25.5. The van der Waals surface area contributed by atoms with Crippen LogP contribution in [-0.2, 0) is 36.7 Å². The summed E-state index contributed by atoms with van der Waals surface area (Å²) in [7, 11) is 1.61. The van der Waals surface area contributed by atoms with E-state index >= 15 is 0 Å². The summed E-state index contributed by atoms with van der Waals surface area (Å²) in [4.78, 5) is 59.0. The molecule has 382 valence electrons. The van der Waals surface area contributed by atoms with Gasteiger partial charge in [0, 0.05) is 72.6 Å². The number of ether oxygens (including phenoxy) is 5. The first kappa shape index (κ1) is 54.2. The molecule has 4 aromatic rings. The summed E-state index contributed by atoms with van der Waals surface area (Å²) in [6, 6.07) is 19.7. The van der Waals surface area contributed by atoms with E-state index in [4.69, 9.17) is 33.7 Å². The van der Waals surface area contributed by atoms with Crippen molar-refractivity contribution < 1.29 is 43.1 Å². The molecule has 1 aromatic heterocycles. The number of aromatic nitrogens is 2. The van der Waals surface area contributed by atoms with Crippen molar-refractivity contribution in [3.05, 3.63) is 127 Å². The Labute approximate surface area is 417 Å². The summed E-state index contributed by atoms with van der Waals surface area (Å²) in [5, 5.41) is 21.8. The van der Waals surface area contributed by atoms with Crippen LogP contribution in [0.25, 0.3) is 11.4 Å². The van der Waals surface area contributed by atoms with Crippen LogP contribution in [0.1, 0.15) is 133 Å². The van der Waals surface area contributed by atoms with E-state index in [2.05, 4.69) is 11.0 Å². The molecule has 0 radical (unpaired) electrons. The number of nitrogens with zero attached hydrogens (tertiary/aromatic N) is 6. The third-order valence-electron chi connectivity index (χ3n) is 13.1. The predicted molar refractivity (Wildman–Crippen MR) is 270 cm³/mol. The van der Waals surface area contributed by atoms with Crippen molar-refractivity contribution >= 4 is 28.9 Å². The summed E-state index contributed by atoms with van der Waals surface area (Å²) < 4.78 is 28.2. The standard InChI is InChI=1S/C22H22N2O5.C19H20N4O4.C7H10O2.3C2H6/c1-28-18-8-2-15(3-9-18)14-23(20-12-10-19-11-13-21(20)29-19)22(25)16-4-6-17(7-5-16)24(26)27;24-23(25)13-3-1-12(2-4-13)18-20-17-15(11-14-5-6-16(17)27-14)19(21-18)22-7-9-26-10-8-22;8-6-3-1-5-2-4-7(6)9-5;3*1-2/h2-9,12,19,21H,10-11,13-14H2,1H3;1-4,14,16H,5-11H2;5,7H,1-4H2;3*1-2H3. The molecule has 5 fully saturated rings. The molecule has 71 heavy (non-hydrogen) atoms. The van der Waals surface area contributed by atoms with E-state index < -0.39 is 9.85 Å². The second kappa shape index (κ2) is 26.3. The van der Waals surface area contributed by atoms with E-state index in [9.17, 15) is 29.8 Å². The molecule has 1 amide bonds.